The third-order valence-corrected chi connectivity index (χ3v) is 2.08. The Hall–Kier alpha value is -0.310. The van der Waals surface area contributed by atoms with E-state index in [1.54, 1.807) is 6.08 Å². The van der Waals surface area contributed by atoms with E-state index in [0.717, 1.165) is 18.2 Å². The zero-order valence-electron chi connectivity index (χ0n) is 7.13. The molecule has 1 N–H and O–H groups in total. The maximum absolute atomic E-state index is 10.0. The van der Waals surface area contributed by atoms with Crippen LogP contribution in [0.5, 0.6) is 0 Å². The number of carboxylic acids is 1. The van der Waals surface area contributed by atoms with Crippen molar-refractivity contribution in [3.05, 3.63) is 12.2 Å². The van der Waals surface area contributed by atoms with Crippen molar-refractivity contribution in [2.24, 2.45) is 0 Å². The number of unbranched alkanes of at least 4 members (excludes halogenated alkanes) is 4. The Morgan fingerprint density at radius 2 is 1.92 bits per heavy atom. The predicted molar refractivity (Wildman–Crippen MR) is 53.7 cm³/mol. The van der Waals surface area contributed by atoms with Crippen LogP contribution in [0.4, 0.5) is 0 Å². The molecule has 0 atom stereocenters. The maximum Gasteiger partial charge on any atom is 0.327 e. The number of carboxylic acid groups (broad SMARTS) is 1. The van der Waals surface area contributed by atoms with Crippen molar-refractivity contribution in [3.63, 3.8) is 0 Å². The second-order valence-electron chi connectivity index (χ2n) is 2.63. The second kappa shape index (κ2) is 8.78. The SMILES string of the molecule is O=C(O)C=CCCCCCCBr. The number of allylic oxidation sites excluding steroid dienone is 1. The van der Waals surface area contributed by atoms with E-state index in [4.69, 9.17) is 5.11 Å². The molecule has 0 aromatic rings. The molecule has 0 saturated carbocycles. The van der Waals surface area contributed by atoms with Crippen LogP contribution in [0.2, 0.25) is 0 Å². The van der Waals surface area contributed by atoms with Gasteiger partial charge in [-0.1, -0.05) is 34.8 Å². The van der Waals surface area contributed by atoms with Crippen LogP contribution in [0.25, 0.3) is 0 Å². The molecule has 0 amide bonds. The molecule has 0 aromatic carbocycles. The summed E-state index contributed by atoms with van der Waals surface area (Å²) in [5.41, 5.74) is 0. The van der Waals surface area contributed by atoms with Crippen LogP contribution in [0.15, 0.2) is 12.2 Å². The van der Waals surface area contributed by atoms with Gasteiger partial charge in [0.2, 0.25) is 0 Å². The lowest BCUT2D eigenvalue weighted by molar-refractivity contribution is -0.131. The molecular formula is C9H15BrO2. The van der Waals surface area contributed by atoms with Crippen LogP contribution in [0, 0.1) is 0 Å². The van der Waals surface area contributed by atoms with Gasteiger partial charge in [-0.05, 0) is 19.3 Å². The molecule has 12 heavy (non-hydrogen) atoms. The highest BCUT2D eigenvalue weighted by Gasteiger charge is 1.88. The van der Waals surface area contributed by atoms with Crippen LogP contribution in [-0.4, -0.2) is 16.4 Å². The lowest BCUT2D eigenvalue weighted by Gasteiger charge is -1.94. The first-order valence-electron chi connectivity index (χ1n) is 4.23. The lowest BCUT2D eigenvalue weighted by Crippen LogP contribution is -1.85. The molecule has 2 nitrogen and oxygen atoms in total. The van der Waals surface area contributed by atoms with Crippen molar-refractivity contribution in [2.45, 2.75) is 32.1 Å². The van der Waals surface area contributed by atoms with Crippen LogP contribution in [0.1, 0.15) is 32.1 Å². The molecule has 0 bridgehead atoms. The van der Waals surface area contributed by atoms with Gasteiger partial charge in [0.05, 0.1) is 0 Å². The summed E-state index contributed by atoms with van der Waals surface area (Å²) in [5.74, 6) is -0.851. The van der Waals surface area contributed by atoms with Crippen LogP contribution in [-0.2, 0) is 4.79 Å². The number of rotatable bonds is 7. The van der Waals surface area contributed by atoms with Gasteiger partial charge >= 0.3 is 5.97 Å². The van der Waals surface area contributed by atoms with Gasteiger partial charge < -0.3 is 5.11 Å². The topological polar surface area (TPSA) is 37.3 Å². The van der Waals surface area contributed by atoms with Gasteiger partial charge in [0.25, 0.3) is 0 Å². The van der Waals surface area contributed by atoms with E-state index in [9.17, 15) is 4.79 Å². The van der Waals surface area contributed by atoms with Crippen molar-refractivity contribution in [1.82, 2.24) is 0 Å². The van der Waals surface area contributed by atoms with E-state index in [0.29, 0.717) is 0 Å². The quantitative estimate of drug-likeness (QED) is 0.418. The molecule has 0 aliphatic heterocycles. The molecule has 0 radical (unpaired) electrons. The van der Waals surface area contributed by atoms with Crippen molar-refractivity contribution in [3.8, 4) is 0 Å². The first-order chi connectivity index (χ1) is 5.77. The highest BCUT2D eigenvalue weighted by Crippen LogP contribution is 2.04. The first-order valence-corrected chi connectivity index (χ1v) is 5.35. The van der Waals surface area contributed by atoms with Gasteiger partial charge in [0.15, 0.2) is 0 Å². The normalized spacial score (nSPS) is 10.8. The predicted octanol–water partition coefficient (Wildman–Crippen LogP) is 2.97. The Morgan fingerprint density at radius 1 is 1.25 bits per heavy atom. The number of hydrogen-bond acceptors (Lipinski definition) is 1. The van der Waals surface area contributed by atoms with Crippen molar-refractivity contribution >= 4 is 21.9 Å². The Balaban J connectivity index is 3.05. The summed E-state index contributed by atoms with van der Waals surface area (Å²) in [6, 6.07) is 0. The summed E-state index contributed by atoms with van der Waals surface area (Å²) in [6.45, 7) is 0. The summed E-state index contributed by atoms with van der Waals surface area (Å²) in [6.07, 6.45) is 8.54. The highest BCUT2D eigenvalue weighted by atomic mass is 79.9. The van der Waals surface area contributed by atoms with Gasteiger partial charge in [0.1, 0.15) is 0 Å². The minimum atomic E-state index is -0.851. The molecule has 0 spiro atoms. The van der Waals surface area contributed by atoms with Gasteiger partial charge in [-0.15, -0.1) is 0 Å². The molecule has 0 unspecified atom stereocenters. The molecule has 0 aliphatic carbocycles. The van der Waals surface area contributed by atoms with Gasteiger partial charge in [-0.2, -0.15) is 0 Å². The highest BCUT2D eigenvalue weighted by molar-refractivity contribution is 9.09. The number of halogens is 1. The molecule has 70 valence electrons. The van der Waals surface area contributed by atoms with Gasteiger partial charge in [-0.3, -0.25) is 0 Å². The summed E-state index contributed by atoms with van der Waals surface area (Å²) >= 11 is 3.36. The molecule has 0 saturated heterocycles. The van der Waals surface area contributed by atoms with Crippen molar-refractivity contribution in [1.29, 1.82) is 0 Å². The van der Waals surface area contributed by atoms with E-state index in [-0.39, 0.29) is 0 Å². The molecule has 0 aromatic heterocycles. The summed E-state index contributed by atoms with van der Waals surface area (Å²) < 4.78 is 0. The summed E-state index contributed by atoms with van der Waals surface area (Å²) in [4.78, 5) is 10.0. The molecule has 0 rings (SSSR count). The van der Waals surface area contributed by atoms with E-state index >= 15 is 0 Å². The summed E-state index contributed by atoms with van der Waals surface area (Å²) in [5, 5.41) is 9.33. The molecule has 3 heteroatoms. The second-order valence-corrected chi connectivity index (χ2v) is 3.43. The Labute approximate surface area is 81.8 Å². The van der Waals surface area contributed by atoms with Crippen molar-refractivity contribution in [2.75, 3.05) is 5.33 Å². The Bertz CT molecular complexity index is 143. The first kappa shape index (κ1) is 11.7. The van der Waals surface area contributed by atoms with E-state index in [2.05, 4.69) is 15.9 Å². The minimum absolute atomic E-state index is 0.851. The van der Waals surface area contributed by atoms with Gasteiger partial charge in [-0.25, -0.2) is 4.79 Å². The smallest absolute Gasteiger partial charge is 0.327 e. The molecule has 0 fully saturated rings. The van der Waals surface area contributed by atoms with Crippen LogP contribution >= 0.6 is 15.9 Å². The van der Waals surface area contributed by atoms with E-state index in [1.165, 1.54) is 25.3 Å². The number of alkyl halides is 1. The third kappa shape index (κ3) is 9.69. The monoisotopic (exact) mass is 234 g/mol. The third-order valence-electron chi connectivity index (χ3n) is 1.51. The number of aliphatic carboxylic acids is 1. The number of hydrogen-bond donors (Lipinski definition) is 1. The zero-order chi connectivity index (χ0) is 9.23. The Morgan fingerprint density at radius 3 is 2.50 bits per heavy atom. The fourth-order valence-electron chi connectivity index (χ4n) is 0.894. The maximum atomic E-state index is 10.0. The van der Waals surface area contributed by atoms with E-state index in [1.807, 2.05) is 0 Å². The largest absolute Gasteiger partial charge is 0.478 e. The van der Waals surface area contributed by atoms with Gasteiger partial charge in [0, 0.05) is 11.4 Å². The Kier molecular flexibility index (Phi) is 8.56. The van der Waals surface area contributed by atoms with E-state index < -0.39 is 5.97 Å². The number of carbonyl (C=O) groups is 1. The minimum Gasteiger partial charge on any atom is -0.478 e. The summed E-state index contributed by atoms with van der Waals surface area (Å²) in [7, 11) is 0. The van der Waals surface area contributed by atoms with Crippen molar-refractivity contribution < 1.29 is 9.90 Å². The standard InChI is InChI=1S/C9H15BrO2/c10-8-6-4-2-1-3-5-7-9(11)12/h5,7H,1-4,6,8H2,(H,11,12). The molecule has 0 aliphatic rings. The lowest BCUT2D eigenvalue weighted by atomic mass is 10.1. The zero-order valence-corrected chi connectivity index (χ0v) is 8.72. The fourth-order valence-corrected chi connectivity index (χ4v) is 1.29. The van der Waals surface area contributed by atoms with Crippen LogP contribution < -0.4 is 0 Å². The average molecular weight is 235 g/mol. The average Bonchev–Trinajstić information content (AvgIpc) is 2.02. The van der Waals surface area contributed by atoms with Crippen LogP contribution in [0.3, 0.4) is 0 Å². The molecular weight excluding hydrogens is 220 g/mol. The fraction of sp³-hybridized carbons (Fsp3) is 0.667. The molecule has 0 heterocycles.